The molecule has 3 aromatic rings. The molecular formula is C22H25Cl2N3O2S. The molecule has 8 heteroatoms. The monoisotopic (exact) mass is 465 g/mol. The van der Waals surface area contributed by atoms with Crippen molar-refractivity contribution in [2.24, 2.45) is 0 Å². The lowest BCUT2D eigenvalue weighted by atomic mass is 10.1. The third kappa shape index (κ3) is 4.72. The van der Waals surface area contributed by atoms with Crippen molar-refractivity contribution in [2.75, 3.05) is 38.2 Å². The van der Waals surface area contributed by atoms with Crippen molar-refractivity contribution in [3.05, 3.63) is 51.5 Å². The van der Waals surface area contributed by atoms with E-state index in [9.17, 15) is 4.79 Å². The molecular weight excluding hydrogens is 441 g/mol. The first-order chi connectivity index (χ1) is 14.4. The number of halogens is 2. The highest BCUT2D eigenvalue weighted by Gasteiger charge is 2.25. The van der Waals surface area contributed by atoms with Gasteiger partial charge in [0.1, 0.15) is 5.75 Å². The van der Waals surface area contributed by atoms with Gasteiger partial charge in [-0.05, 0) is 55.9 Å². The van der Waals surface area contributed by atoms with Crippen LogP contribution in [-0.4, -0.2) is 49.1 Å². The number of ether oxygens (including phenoxy) is 1. The Morgan fingerprint density at radius 1 is 1.13 bits per heavy atom. The summed E-state index contributed by atoms with van der Waals surface area (Å²) < 4.78 is 6.41. The van der Waals surface area contributed by atoms with Crippen molar-refractivity contribution in [1.29, 1.82) is 0 Å². The van der Waals surface area contributed by atoms with Gasteiger partial charge in [0.15, 0.2) is 5.13 Å². The van der Waals surface area contributed by atoms with Crippen LogP contribution in [0.3, 0.4) is 0 Å². The van der Waals surface area contributed by atoms with Crippen LogP contribution >= 0.6 is 34.5 Å². The maximum atomic E-state index is 13.6. The fourth-order valence-electron chi connectivity index (χ4n) is 3.26. The Kier molecular flexibility index (Phi) is 7.58. The van der Waals surface area contributed by atoms with E-state index in [1.807, 2.05) is 19.1 Å². The van der Waals surface area contributed by atoms with E-state index in [-0.39, 0.29) is 5.91 Å². The van der Waals surface area contributed by atoms with Crippen molar-refractivity contribution >= 4 is 55.8 Å². The number of hydrogen-bond donors (Lipinski definition) is 0. The molecule has 0 atom stereocenters. The van der Waals surface area contributed by atoms with Crippen molar-refractivity contribution in [3.63, 3.8) is 0 Å². The summed E-state index contributed by atoms with van der Waals surface area (Å²) >= 11 is 13.9. The first kappa shape index (κ1) is 22.8. The van der Waals surface area contributed by atoms with Gasteiger partial charge in [-0.2, -0.15) is 0 Å². The Morgan fingerprint density at radius 3 is 2.53 bits per heavy atom. The molecule has 0 bridgehead atoms. The van der Waals surface area contributed by atoms with E-state index < -0.39 is 0 Å². The molecule has 1 aromatic heterocycles. The molecule has 0 aliphatic carbocycles. The summed E-state index contributed by atoms with van der Waals surface area (Å²) in [5.74, 6) is 0.293. The predicted molar refractivity (Wildman–Crippen MR) is 127 cm³/mol. The number of amides is 1. The van der Waals surface area contributed by atoms with Crippen LogP contribution in [-0.2, 0) is 0 Å². The van der Waals surface area contributed by atoms with Crippen LogP contribution in [0.4, 0.5) is 5.13 Å². The fourth-order valence-corrected chi connectivity index (χ4v) is 4.64. The molecule has 0 fully saturated rings. The molecule has 0 aliphatic rings. The van der Waals surface area contributed by atoms with Crippen LogP contribution in [0, 0.1) is 6.92 Å². The quantitative estimate of drug-likeness (QED) is 0.414. The minimum absolute atomic E-state index is 0.190. The number of thiazole rings is 1. The van der Waals surface area contributed by atoms with E-state index in [2.05, 4.69) is 18.7 Å². The molecule has 0 saturated carbocycles. The number of methoxy groups -OCH3 is 1. The molecule has 5 nitrogen and oxygen atoms in total. The molecule has 0 N–H and O–H groups in total. The lowest BCUT2D eigenvalue weighted by molar-refractivity contribution is 0.0981. The van der Waals surface area contributed by atoms with Gasteiger partial charge in [0.25, 0.3) is 5.91 Å². The van der Waals surface area contributed by atoms with E-state index in [4.69, 9.17) is 32.9 Å². The van der Waals surface area contributed by atoms with Gasteiger partial charge in [0.05, 0.1) is 22.9 Å². The summed E-state index contributed by atoms with van der Waals surface area (Å²) in [5.41, 5.74) is 2.15. The molecule has 0 radical (unpaired) electrons. The topological polar surface area (TPSA) is 45.7 Å². The largest absolute Gasteiger partial charge is 0.496 e. The minimum atomic E-state index is -0.190. The van der Waals surface area contributed by atoms with Gasteiger partial charge >= 0.3 is 0 Å². The maximum Gasteiger partial charge on any atom is 0.263 e. The molecule has 0 saturated heterocycles. The van der Waals surface area contributed by atoms with Crippen LogP contribution in [0.5, 0.6) is 5.75 Å². The van der Waals surface area contributed by atoms with E-state index in [1.54, 1.807) is 30.2 Å². The van der Waals surface area contributed by atoms with Crippen LogP contribution in [0.15, 0.2) is 30.3 Å². The number of benzene rings is 2. The Morgan fingerprint density at radius 2 is 1.87 bits per heavy atom. The number of likely N-dealkylation sites (N-methyl/N-ethyl adjacent to an activating group) is 1. The third-order valence-electron chi connectivity index (χ3n) is 5.14. The summed E-state index contributed by atoms with van der Waals surface area (Å²) in [7, 11) is 1.54. The first-order valence-corrected chi connectivity index (χ1v) is 11.4. The Labute approximate surface area is 191 Å². The second kappa shape index (κ2) is 9.96. The van der Waals surface area contributed by atoms with Crippen molar-refractivity contribution in [2.45, 2.75) is 20.8 Å². The lowest BCUT2D eigenvalue weighted by Crippen LogP contribution is -2.39. The van der Waals surface area contributed by atoms with Crippen molar-refractivity contribution in [3.8, 4) is 5.75 Å². The summed E-state index contributed by atoms with van der Waals surface area (Å²) in [5, 5.41) is 1.78. The van der Waals surface area contributed by atoms with Crippen LogP contribution in [0.1, 0.15) is 29.8 Å². The average molecular weight is 466 g/mol. The van der Waals surface area contributed by atoms with Gasteiger partial charge in [-0.3, -0.25) is 9.69 Å². The van der Waals surface area contributed by atoms with Gasteiger partial charge in [-0.15, -0.1) is 0 Å². The average Bonchev–Trinajstić information content (AvgIpc) is 3.18. The van der Waals surface area contributed by atoms with E-state index in [0.29, 0.717) is 33.0 Å². The number of anilines is 1. The van der Waals surface area contributed by atoms with Crippen LogP contribution in [0.2, 0.25) is 10.0 Å². The number of carbonyl (C=O) groups excluding carboxylic acids is 1. The normalized spacial score (nSPS) is 11.3. The molecule has 1 heterocycles. The van der Waals surface area contributed by atoms with Gasteiger partial charge in [0, 0.05) is 23.1 Å². The highest BCUT2D eigenvalue weighted by molar-refractivity contribution is 7.22. The number of hydrogen-bond acceptors (Lipinski definition) is 5. The molecule has 30 heavy (non-hydrogen) atoms. The van der Waals surface area contributed by atoms with Crippen molar-refractivity contribution < 1.29 is 9.53 Å². The van der Waals surface area contributed by atoms with Gasteiger partial charge in [0.2, 0.25) is 0 Å². The van der Waals surface area contributed by atoms with Crippen molar-refractivity contribution in [1.82, 2.24) is 9.88 Å². The number of fused-ring (bicyclic) bond motifs is 1. The second-order valence-corrected chi connectivity index (χ2v) is 8.70. The number of aryl methyl sites for hydroxylation is 1. The molecule has 0 aliphatic heterocycles. The highest BCUT2D eigenvalue weighted by Crippen LogP contribution is 2.35. The summed E-state index contributed by atoms with van der Waals surface area (Å²) in [6, 6.07) is 8.87. The first-order valence-electron chi connectivity index (χ1n) is 9.82. The van der Waals surface area contributed by atoms with E-state index in [1.165, 1.54) is 11.3 Å². The highest BCUT2D eigenvalue weighted by atomic mass is 35.5. The number of nitrogens with zero attached hydrogens (tertiary/aromatic N) is 3. The van der Waals surface area contributed by atoms with Gasteiger partial charge in [-0.25, -0.2) is 4.98 Å². The summed E-state index contributed by atoms with van der Waals surface area (Å²) in [6.45, 7) is 9.22. The summed E-state index contributed by atoms with van der Waals surface area (Å²) in [6.07, 6.45) is 0. The molecule has 160 valence electrons. The smallest absolute Gasteiger partial charge is 0.263 e. The Hall–Kier alpha value is -1.86. The minimum Gasteiger partial charge on any atom is -0.496 e. The summed E-state index contributed by atoms with van der Waals surface area (Å²) in [4.78, 5) is 22.4. The number of carbonyl (C=O) groups is 1. The van der Waals surface area contributed by atoms with E-state index in [0.717, 1.165) is 35.4 Å². The molecule has 0 spiro atoms. The molecule has 2 aromatic carbocycles. The molecule has 0 unspecified atom stereocenters. The number of rotatable bonds is 8. The van der Waals surface area contributed by atoms with Crippen LogP contribution in [0.25, 0.3) is 10.2 Å². The Balaban J connectivity index is 2.06. The molecule has 3 rings (SSSR count). The second-order valence-electron chi connectivity index (χ2n) is 6.84. The zero-order chi connectivity index (χ0) is 21.8. The zero-order valence-electron chi connectivity index (χ0n) is 17.5. The van der Waals surface area contributed by atoms with Crippen LogP contribution < -0.4 is 9.64 Å². The zero-order valence-corrected chi connectivity index (χ0v) is 19.9. The fraction of sp³-hybridized carbons (Fsp3) is 0.364. The van der Waals surface area contributed by atoms with E-state index >= 15 is 0 Å². The SMILES string of the molecule is CCN(CC)CCN(C(=O)c1cc(Cl)ccc1OC)c1nc2c(C)c(Cl)ccc2s1. The van der Waals surface area contributed by atoms with Gasteiger partial charge in [-0.1, -0.05) is 48.4 Å². The maximum absolute atomic E-state index is 13.6. The standard InChI is InChI=1S/C22H25Cl2N3O2S/c1-5-26(6-2)11-12-27(21(28)16-13-15(23)7-9-18(16)29-4)22-25-20-14(3)17(24)8-10-19(20)30-22/h7-10,13H,5-6,11-12H2,1-4H3. The third-order valence-corrected chi connectivity index (χ3v) is 6.83. The lowest BCUT2D eigenvalue weighted by Gasteiger charge is -2.25. The molecule has 1 amide bonds. The number of aromatic nitrogens is 1. The Bertz CT molecular complexity index is 1050. The van der Waals surface area contributed by atoms with Gasteiger partial charge < -0.3 is 9.64 Å². The predicted octanol–water partition coefficient (Wildman–Crippen LogP) is 5.91.